The molecule has 1 heterocycles. The maximum Gasteiger partial charge on any atom is 0.180 e. The smallest absolute Gasteiger partial charge is 0.180 e. The fourth-order valence-corrected chi connectivity index (χ4v) is 2.99. The molecule has 2 rings (SSSR count). The summed E-state index contributed by atoms with van der Waals surface area (Å²) in [5, 5.41) is 10.0. The number of nitrogens with zero attached hydrogens (tertiary/aromatic N) is 3. The van der Waals surface area contributed by atoms with E-state index in [0.717, 1.165) is 3.57 Å². The van der Waals surface area contributed by atoms with E-state index in [4.69, 9.17) is 15.2 Å². The van der Waals surface area contributed by atoms with E-state index in [1.807, 2.05) is 20.8 Å². The van der Waals surface area contributed by atoms with Crippen molar-refractivity contribution in [3.8, 4) is 17.6 Å². The molecule has 2 N–H and O–H groups in total. The molecule has 0 saturated heterocycles. The lowest BCUT2D eigenvalue weighted by Crippen LogP contribution is -2.18. The molecule has 2 aromatic rings. The molecule has 7 heteroatoms. The standard InChI is InChI=1S/C15H17IN4O2/c1-15(2,3)14-19-10-8(13(18)20-14)7(6-17)11(21-4)12(22-5)9(10)16/h1-5H3,(H2,18,19,20). The van der Waals surface area contributed by atoms with Crippen LogP contribution in [0.25, 0.3) is 10.9 Å². The number of methoxy groups -OCH3 is 2. The minimum atomic E-state index is -0.259. The van der Waals surface area contributed by atoms with Gasteiger partial charge < -0.3 is 15.2 Å². The molecule has 0 aliphatic heterocycles. The van der Waals surface area contributed by atoms with Crippen LogP contribution >= 0.6 is 22.6 Å². The van der Waals surface area contributed by atoms with Crippen molar-refractivity contribution in [3.05, 3.63) is 15.0 Å². The molecule has 0 atom stereocenters. The Kier molecular flexibility index (Phi) is 4.33. The zero-order chi connectivity index (χ0) is 16.7. The van der Waals surface area contributed by atoms with E-state index in [9.17, 15) is 5.26 Å². The monoisotopic (exact) mass is 412 g/mol. The van der Waals surface area contributed by atoms with Crippen LogP contribution in [0.2, 0.25) is 0 Å². The minimum absolute atomic E-state index is 0.259. The molecule has 1 aromatic carbocycles. The van der Waals surface area contributed by atoms with Crippen molar-refractivity contribution in [2.45, 2.75) is 26.2 Å². The summed E-state index contributed by atoms with van der Waals surface area (Å²) in [6.07, 6.45) is 0. The summed E-state index contributed by atoms with van der Waals surface area (Å²) in [5.41, 5.74) is 6.74. The number of anilines is 1. The predicted octanol–water partition coefficient (Wildman–Crippen LogP) is 3.00. The highest BCUT2D eigenvalue weighted by atomic mass is 127. The molecule has 0 spiro atoms. The lowest BCUT2D eigenvalue weighted by Gasteiger charge is -2.20. The largest absolute Gasteiger partial charge is 0.492 e. The molecular weight excluding hydrogens is 395 g/mol. The maximum atomic E-state index is 9.51. The van der Waals surface area contributed by atoms with Gasteiger partial charge in [-0.05, 0) is 22.6 Å². The van der Waals surface area contributed by atoms with Crippen molar-refractivity contribution in [2.75, 3.05) is 20.0 Å². The molecule has 0 radical (unpaired) electrons. The zero-order valence-corrected chi connectivity index (χ0v) is 15.3. The molecular formula is C15H17IN4O2. The van der Waals surface area contributed by atoms with Gasteiger partial charge in [0.15, 0.2) is 11.5 Å². The first-order valence-electron chi connectivity index (χ1n) is 6.57. The molecule has 0 fully saturated rings. The first kappa shape index (κ1) is 16.5. The summed E-state index contributed by atoms with van der Waals surface area (Å²) in [7, 11) is 3.02. The second kappa shape index (κ2) is 5.76. The Hall–Kier alpha value is -1.82. The van der Waals surface area contributed by atoms with Crippen LogP contribution in [0, 0.1) is 14.9 Å². The first-order valence-corrected chi connectivity index (χ1v) is 7.65. The Morgan fingerprint density at radius 2 is 1.73 bits per heavy atom. The van der Waals surface area contributed by atoms with E-state index in [1.54, 1.807) is 0 Å². The molecule has 1 aromatic heterocycles. The van der Waals surface area contributed by atoms with Crippen molar-refractivity contribution in [1.29, 1.82) is 5.26 Å². The van der Waals surface area contributed by atoms with Crippen LogP contribution in [0.1, 0.15) is 32.2 Å². The average molecular weight is 412 g/mol. The Labute approximate surface area is 142 Å². The van der Waals surface area contributed by atoms with Crippen molar-refractivity contribution in [2.24, 2.45) is 0 Å². The number of fused-ring (bicyclic) bond motifs is 1. The molecule has 0 bridgehead atoms. The number of halogens is 1. The number of nitrogens with two attached hydrogens (primary N) is 1. The lowest BCUT2D eigenvalue weighted by molar-refractivity contribution is 0.353. The summed E-state index contributed by atoms with van der Waals surface area (Å²) in [6.45, 7) is 6.02. The van der Waals surface area contributed by atoms with Gasteiger partial charge in [0.25, 0.3) is 0 Å². The van der Waals surface area contributed by atoms with E-state index in [1.165, 1.54) is 14.2 Å². The maximum absolute atomic E-state index is 9.51. The Balaban J connectivity index is 3.04. The van der Waals surface area contributed by atoms with Gasteiger partial charge in [-0.25, -0.2) is 9.97 Å². The highest BCUT2D eigenvalue weighted by Crippen LogP contribution is 2.43. The van der Waals surface area contributed by atoms with Gasteiger partial charge in [-0.15, -0.1) is 0 Å². The normalized spacial score (nSPS) is 11.3. The van der Waals surface area contributed by atoms with Crippen molar-refractivity contribution >= 4 is 39.3 Å². The van der Waals surface area contributed by atoms with Crippen molar-refractivity contribution < 1.29 is 9.47 Å². The molecule has 0 saturated carbocycles. The summed E-state index contributed by atoms with van der Waals surface area (Å²) >= 11 is 2.12. The van der Waals surface area contributed by atoms with Crippen LogP contribution in [0.4, 0.5) is 5.82 Å². The number of hydrogen-bond donors (Lipinski definition) is 1. The highest BCUT2D eigenvalue weighted by molar-refractivity contribution is 14.1. The van der Waals surface area contributed by atoms with E-state index in [0.29, 0.717) is 28.2 Å². The van der Waals surface area contributed by atoms with Gasteiger partial charge in [-0.3, -0.25) is 0 Å². The Bertz CT molecular complexity index is 791. The summed E-state index contributed by atoms with van der Waals surface area (Å²) < 4.78 is 11.5. The van der Waals surface area contributed by atoms with Gasteiger partial charge in [0.2, 0.25) is 0 Å². The fraction of sp³-hybridized carbons (Fsp3) is 0.400. The quantitative estimate of drug-likeness (QED) is 0.763. The van der Waals surface area contributed by atoms with Gasteiger partial charge in [-0.2, -0.15) is 5.26 Å². The molecule has 0 amide bonds. The van der Waals surface area contributed by atoms with Crippen LogP contribution in [-0.2, 0) is 5.41 Å². The zero-order valence-electron chi connectivity index (χ0n) is 13.1. The summed E-state index contributed by atoms with van der Waals surface area (Å²) in [5.74, 6) is 1.71. The topological polar surface area (TPSA) is 94.0 Å². The number of nitriles is 1. The number of nitrogen functional groups attached to an aromatic ring is 1. The predicted molar refractivity (Wildman–Crippen MR) is 93.2 cm³/mol. The lowest BCUT2D eigenvalue weighted by atomic mass is 9.95. The third-order valence-electron chi connectivity index (χ3n) is 3.22. The number of aromatic nitrogens is 2. The number of rotatable bonds is 2. The van der Waals surface area contributed by atoms with E-state index >= 15 is 0 Å². The van der Waals surface area contributed by atoms with Gasteiger partial charge in [0.1, 0.15) is 23.3 Å². The average Bonchev–Trinajstić information content (AvgIpc) is 2.46. The molecule has 22 heavy (non-hydrogen) atoms. The first-order chi connectivity index (χ1) is 10.3. The minimum Gasteiger partial charge on any atom is -0.492 e. The van der Waals surface area contributed by atoms with E-state index < -0.39 is 0 Å². The summed E-state index contributed by atoms with van der Waals surface area (Å²) in [4.78, 5) is 8.98. The second-order valence-electron chi connectivity index (χ2n) is 5.77. The molecule has 0 aliphatic carbocycles. The number of ether oxygens (including phenoxy) is 2. The van der Waals surface area contributed by atoms with Crippen molar-refractivity contribution in [1.82, 2.24) is 9.97 Å². The van der Waals surface area contributed by atoms with Crippen LogP contribution in [0.5, 0.6) is 11.5 Å². The van der Waals surface area contributed by atoms with Gasteiger partial charge >= 0.3 is 0 Å². The fourth-order valence-electron chi connectivity index (χ4n) is 2.14. The highest BCUT2D eigenvalue weighted by Gasteiger charge is 2.26. The Morgan fingerprint density at radius 1 is 1.14 bits per heavy atom. The molecule has 6 nitrogen and oxygen atoms in total. The Morgan fingerprint density at radius 3 is 2.18 bits per heavy atom. The van der Waals surface area contributed by atoms with Gasteiger partial charge in [-0.1, -0.05) is 20.8 Å². The van der Waals surface area contributed by atoms with Crippen molar-refractivity contribution in [3.63, 3.8) is 0 Å². The number of benzene rings is 1. The van der Waals surface area contributed by atoms with Crippen LogP contribution in [0.15, 0.2) is 0 Å². The van der Waals surface area contributed by atoms with Crippen LogP contribution in [0.3, 0.4) is 0 Å². The van der Waals surface area contributed by atoms with E-state index in [-0.39, 0.29) is 16.8 Å². The summed E-state index contributed by atoms with van der Waals surface area (Å²) in [6, 6.07) is 2.12. The SMILES string of the molecule is COc1c(OC)c(C#N)c2c(N)nc(C(C)(C)C)nc2c1I. The molecule has 0 unspecified atom stereocenters. The van der Waals surface area contributed by atoms with Crippen LogP contribution in [-0.4, -0.2) is 24.2 Å². The third-order valence-corrected chi connectivity index (χ3v) is 4.22. The molecule has 0 aliphatic rings. The van der Waals surface area contributed by atoms with Gasteiger partial charge in [0, 0.05) is 5.41 Å². The molecule has 116 valence electrons. The second-order valence-corrected chi connectivity index (χ2v) is 6.85. The third kappa shape index (κ3) is 2.52. The van der Waals surface area contributed by atoms with Gasteiger partial charge in [0.05, 0.1) is 28.7 Å². The van der Waals surface area contributed by atoms with E-state index in [2.05, 4.69) is 38.6 Å². The van der Waals surface area contributed by atoms with Crippen LogP contribution < -0.4 is 15.2 Å². The number of hydrogen-bond acceptors (Lipinski definition) is 6.